The summed E-state index contributed by atoms with van der Waals surface area (Å²) in [6, 6.07) is 6.90. The van der Waals surface area contributed by atoms with E-state index >= 15 is 0 Å². The molecule has 0 atom stereocenters. The van der Waals surface area contributed by atoms with Crippen molar-refractivity contribution in [3.8, 4) is 11.5 Å². The minimum Gasteiger partial charge on any atom is -0.494 e. The number of ketones is 1. The molecule has 0 radical (unpaired) electrons. The summed E-state index contributed by atoms with van der Waals surface area (Å²) in [6.45, 7) is 3.15. The first-order valence-corrected chi connectivity index (χ1v) is 6.40. The smallest absolute Gasteiger partial charge is 0.415 e. The Labute approximate surface area is 112 Å². The Kier molecular flexibility index (Phi) is 4.39. The lowest BCUT2D eigenvalue weighted by molar-refractivity contribution is -0.121. The third-order valence-electron chi connectivity index (χ3n) is 2.83. The highest BCUT2D eigenvalue weighted by Crippen LogP contribution is 2.20. The van der Waals surface area contributed by atoms with E-state index in [0.717, 1.165) is 0 Å². The van der Waals surface area contributed by atoms with Gasteiger partial charge in [-0.3, -0.25) is 4.79 Å². The predicted molar refractivity (Wildman–Crippen MR) is 69.4 cm³/mol. The molecule has 0 bridgehead atoms. The zero-order valence-electron chi connectivity index (χ0n) is 10.9. The van der Waals surface area contributed by atoms with E-state index in [4.69, 9.17) is 9.47 Å². The quantitative estimate of drug-likeness (QED) is 0.839. The molecule has 0 spiro atoms. The molecule has 1 fully saturated rings. The number of hydrogen-bond donors (Lipinski definition) is 0. The van der Waals surface area contributed by atoms with Crippen molar-refractivity contribution in [2.24, 2.45) is 0 Å². The lowest BCUT2D eigenvalue weighted by Gasteiger charge is -2.24. The highest BCUT2D eigenvalue weighted by molar-refractivity contribution is 5.85. The van der Waals surface area contributed by atoms with Crippen molar-refractivity contribution in [3.63, 3.8) is 0 Å². The van der Waals surface area contributed by atoms with Crippen molar-refractivity contribution in [1.29, 1.82) is 0 Å². The summed E-state index contributed by atoms with van der Waals surface area (Å²) >= 11 is 0. The number of ether oxygens (including phenoxy) is 2. The maximum atomic E-state index is 11.9. The van der Waals surface area contributed by atoms with E-state index in [1.165, 1.54) is 4.90 Å². The fourth-order valence-corrected chi connectivity index (χ4v) is 1.95. The van der Waals surface area contributed by atoms with E-state index in [0.29, 0.717) is 37.5 Å². The number of benzene rings is 1. The molecule has 5 nitrogen and oxygen atoms in total. The molecule has 0 N–H and O–H groups in total. The highest BCUT2D eigenvalue weighted by atomic mass is 16.6. The van der Waals surface area contributed by atoms with E-state index < -0.39 is 6.09 Å². The van der Waals surface area contributed by atoms with Crippen molar-refractivity contribution in [2.75, 3.05) is 19.7 Å². The third-order valence-corrected chi connectivity index (χ3v) is 2.83. The van der Waals surface area contributed by atoms with Gasteiger partial charge in [-0.15, -0.1) is 0 Å². The largest absolute Gasteiger partial charge is 0.494 e. The summed E-state index contributed by atoms with van der Waals surface area (Å²) in [6.07, 6.45) is 0.762. The number of nitrogens with zero attached hydrogens (tertiary/aromatic N) is 1. The number of amides is 1. The van der Waals surface area contributed by atoms with Crippen LogP contribution in [-0.4, -0.2) is 36.5 Å². The molecule has 1 aliphatic heterocycles. The average Bonchev–Trinajstić information content (AvgIpc) is 2.39. The van der Waals surface area contributed by atoms with Crippen LogP contribution >= 0.6 is 0 Å². The van der Waals surface area contributed by atoms with Gasteiger partial charge in [0.25, 0.3) is 0 Å². The molecule has 1 aromatic rings. The second kappa shape index (κ2) is 6.22. The van der Waals surface area contributed by atoms with Crippen LogP contribution < -0.4 is 9.47 Å². The highest BCUT2D eigenvalue weighted by Gasteiger charge is 2.23. The second-order valence-electron chi connectivity index (χ2n) is 4.34. The maximum Gasteiger partial charge on any atom is 0.415 e. The first-order valence-electron chi connectivity index (χ1n) is 6.40. The Balaban J connectivity index is 1.98. The Morgan fingerprint density at radius 3 is 2.89 bits per heavy atom. The lowest BCUT2D eigenvalue weighted by Crippen LogP contribution is -2.41. The molecule has 1 aliphatic rings. The van der Waals surface area contributed by atoms with Gasteiger partial charge in [-0.05, 0) is 25.5 Å². The number of rotatable bonds is 3. The van der Waals surface area contributed by atoms with Crippen LogP contribution in [0.4, 0.5) is 4.79 Å². The summed E-state index contributed by atoms with van der Waals surface area (Å²) < 4.78 is 10.6. The van der Waals surface area contributed by atoms with Gasteiger partial charge in [0, 0.05) is 19.0 Å². The van der Waals surface area contributed by atoms with Gasteiger partial charge < -0.3 is 14.4 Å². The fraction of sp³-hybridized carbons (Fsp3) is 0.429. The van der Waals surface area contributed by atoms with Crippen LogP contribution in [0.5, 0.6) is 11.5 Å². The minimum absolute atomic E-state index is 0.0752. The molecule has 102 valence electrons. The first-order chi connectivity index (χ1) is 9.19. The van der Waals surface area contributed by atoms with Crippen molar-refractivity contribution in [3.05, 3.63) is 24.3 Å². The SMILES string of the molecule is CCOc1cccc(OC(=O)N2CCCC(=O)C2)c1. The van der Waals surface area contributed by atoms with Gasteiger partial charge in [-0.25, -0.2) is 4.79 Å². The molecular weight excluding hydrogens is 246 g/mol. The van der Waals surface area contributed by atoms with E-state index in [9.17, 15) is 9.59 Å². The van der Waals surface area contributed by atoms with Crippen LogP contribution in [0.2, 0.25) is 0 Å². The molecule has 5 heteroatoms. The molecule has 1 heterocycles. The van der Waals surface area contributed by atoms with Crippen LogP contribution in [-0.2, 0) is 4.79 Å². The van der Waals surface area contributed by atoms with E-state index in [1.807, 2.05) is 6.92 Å². The summed E-state index contributed by atoms with van der Waals surface area (Å²) in [5, 5.41) is 0. The van der Waals surface area contributed by atoms with Crippen molar-refractivity contribution >= 4 is 11.9 Å². The number of carbonyl (C=O) groups is 2. The molecule has 0 unspecified atom stereocenters. The summed E-state index contributed by atoms with van der Waals surface area (Å²) in [7, 11) is 0. The maximum absolute atomic E-state index is 11.9. The first kappa shape index (κ1) is 13.4. The standard InChI is InChI=1S/C14H17NO4/c1-2-18-12-6-3-7-13(9-12)19-14(17)15-8-4-5-11(16)10-15/h3,6-7,9H,2,4-5,8,10H2,1H3. The van der Waals surface area contributed by atoms with Crippen molar-refractivity contribution in [2.45, 2.75) is 19.8 Å². The third kappa shape index (κ3) is 3.71. The number of Topliss-reactive ketones (excluding diaryl/α,β-unsaturated/α-hetero) is 1. The number of likely N-dealkylation sites (tertiary alicyclic amines) is 1. The van der Waals surface area contributed by atoms with Gasteiger partial charge in [-0.1, -0.05) is 6.07 Å². The number of piperidine rings is 1. The molecule has 19 heavy (non-hydrogen) atoms. The van der Waals surface area contributed by atoms with Crippen molar-refractivity contribution < 1.29 is 19.1 Å². The zero-order valence-corrected chi connectivity index (χ0v) is 10.9. The number of carbonyl (C=O) groups excluding carboxylic acids is 2. The Morgan fingerprint density at radius 1 is 1.37 bits per heavy atom. The molecule has 1 amide bonds. The Morgan fingerprint density at radius 2 is 2.16 bits per heavy atom. The molecule has 0 aliphatic carbocycles. The van der Waals surface area contributed by atoms with Crippen LogP contribution in [0.3, 0.4) is 0 Å². The van der Waals surface area contributed by atoms with E-state index in [1.54, 1.807) is 24.3 Å². The van der Waals surface area contributed by atoms with Crippen LogP contribution in [0, 0.1) is 0 Å². The molecule has 2 rings (SSSR count). The molecule has 0 saturated carbocycles. The summed E-state index contributed by atoms with van der Waals surface area (Å²) in [4.78, 5) is 24.6. The van der Waals surface area contributed by atoms with Crippen LogP contribution in [0.25, 0.3) is 0 Å². The van der Waals surface area contributed by atoms with Crippen molar-refractivity contribution in [1.82, 2.24) is 4.90 Å². The van der Waals surface area contributed by atoms with Crippen LogP contribution in [0.15, 0.2) is 24.3 Å². The average molecular weight is 263 g/mol. The van der Waals surface area contributed by atoms with Gasteiger partial charge in [0.15, 0.2) is 5.78 Å². The van der Waals surface area contributed by atoms with Gasteiger partial charge in [0.05, 0.1) is 13.2 Å². The summed E-state index contributed by atoms with van der Waals surface area (Å²) in [5.74, 6) is 1.16. The second-order valence-corrected chi connectivity index (χ2v) is 4.34. The molecular formula is C14H17NO4. The predicted octanol–water partition coefficient (Wildman–Crippen LogP) is 2.25. The fourth-order valence-electron chi connectivity index (χ4n) is 1.95. The Bertz CT molecular complexity index is 472. The van der Waals surface area contributed by atoms with Gasteiger partial charge in [0.1, 0.15) is 11.5 Å². The van der Waals surface area contributed by atoms with E-state index in [2.05, 4.69) is 0 Å². The molecule has 1 aromatic carbocycles. The Hall–Kier alpha value is -2.04. The minimum atomic E-state index is -0.485. The van der Waals surface area contributed by atoms with E-state index in [-0.39, 0.29) is 12.3 Å². The monoisotopic (exact) mass is 263 g/mol. The zero-order chi connectivity index (χ0) is 13.7. The normalized spacial score (nSPS) is 15.2. The van der Waals surface area contributed by atoms with Gasteiger partial charge >= 0.3 is 6.09 Å². The molecule has 0 aromatic heterocycles. The summed E-state index contributed by atoms with van der Waals surface area (Å²) in [5.41, 5.74) is 0. The van der Waals surface area contributed by atoms with Crippen LogP contribution in [0.1, 0.15) is 19.8 Å². The lowest BCUT2D eigenvalue weighted by atomic mass is 10.1. The molecule has 1 saturated heterocycles. The topological polar surface area (TPSA) is 55.8 Å². The van der Waals surface area contributed by atoms with Gasteiger partial charge in [-0.2, -0.15) is 0 Å². The van der Waals surface area contributed by atoms with Gasteiger partial charge in [0.2, 0.25) is 0 Å². The number of hydrogen-bond acceptors (Lipinski definition) is 4.